The van der Waals surface area contributed by atoms with Crippen LogP contribution in [0.1, 0.15) is 12.0 Å². The molecule has 0 saturated carbocycles. The van der Waals surface area contributed by atoms with Crippen LogP contribution in [0.4, 0.5) is 0 Å². The highest BCUT2D eigenvalue weighted by Crippen LogP contribution is 2.26. The van der Waals surface area contributed by atoms with E-state index in [9.17, 15) is 4.79 Å². The number of fused-ring (bicyclic) bond motifs is 1. The minimum atomic E-state index is -0.192. The molecule has 0 spiro atoms. The molecule has 5 heteroatoms. The molecule has 3 rings (SSSR count). The van der Waals surface area contributed by atoms with Gasteiger partial charge in [-0.15, -0.1) is 5.43 Å². The summed E-state index contributed by atoms with van der Waals surface area (Å²) in [5.41, 5.74) is 3.73. The summed E-state index contributed by atoms with van der Waals surface area (Å²) < 4.78 is 12.6. The van der Waals surface area contributed by atoms with Gasteiger partial charge in [0.25, 0.3) is 12.1 Å². The highest BCUT2D eigenvalue weighted by molar-refractivity contribution is 5.83. The van der Waals surface area contributed by atoms with Gasteiger partial charge in [-0.25, -0.2) is 0 Å². The van der Waals surface area contributed by atoms with Crippen LogP contribution in [0.5, 0.6) is 5.75 Å². The maximum atomic E-state index is 11.7. The first-order valence-electron chi connectivity index (χ1n) is 5.98. The Labute approximate surface area is 105 Å². The van der Waals surface area contributed by atoms with Crippen molar-refractivity contribution in [2.75, 3.05) is 13.7 Å². The van der Waals surface area contributed by atoms with Crippen LogP contribution >= 0.6 is 0 Å². The van der Waals surface area contributed by atoms with E-state index in [-0.39, 0.29) is 18.1 Å². The first-order chi connectivity index (χ1) is 8.79. The number of methoxy groups -OCH3 is 1. The predicted octanol–water partition coefficient (Wildman–Crippen LogP) is 0.534. The second kappa shape index (κ2) is 4.42. The lowest BCUT2D eigenvalue weighted by molar-refractivity contribution is -0.630. The van der Waals surface area contributed by atoms with Gasteiger partial charge in [0.1, 0.15) is 11.7 Å². The maximum absolute atomic E-state index is 11.7. The first-order valence-corrected chi connectivity index (χ1v) is 5.98. The average molecular weight is 247 g/mol. The Balaban J connectivity index is 1.94. The molecular formula is C13H15N2O3+. The Bertz CT molecular complexity index is 513. The average Bonchev–Trinajstić information content (AvgIpc) is 2.96. The molecule has 2 heterocycles. The zero-order valence-electron chi connectivity index (χ0n) is 10.1. The zero-order chi connectivity index (χ0) is 12.5. The van der Waals surface area contributed by atoms with Gasteiger partial charge in [-0.1, -0.05) is 16.8 Å². The summed E-state index contributed by atoms with van der Waals surface area (Å²) in [6.45, 7) is 0.638. The molecule has 94 valence electrons. The van der Waals surface area contributed by atoms with E-state index < -0.39 is 0 Å². The standard InChI is InChI=1S/C13H14N2O3/c1-17-11-5-3-2-4-9(11)8-15-13-10(6-7-18-13)12(16)14-15/h2-5,8,10,13H,6-7H2,1H3/p+1/b15-8-/t10?,13-/m1/s1. The maximum Gasteiger partial charge on any atom is 0.297 e. The second-order valence-electron chi connectivity index (χ2n) is 4.41. The SMILES string of the molecule is COc1ccccc1/C=[N+]1\NC(=O)C2CCO[C@H]21. The Hall–Kier alpha value is -1.88. The van der Waals surface area contributed by atoms with Crippen LogP contribution < -0.4 is 10.2 Å². The molecule has 18 heavy (non-hydrogen) atoms. The number of nitrogens with zero attached hydrogens (tertiary/aromatic N) is 1. The lowest BCUT2D eigenvalue weighted by atomic mass is 10.1. The van der Waals surface area contributed by atoms with Gasteiger partial charge in [0.2, 0.25) is 6.21 Å². The summed E-state index contributed by atoms with van der Waals surface area (Å²) in [7, 11) is 1.63. The number of hydrazone groups is 1. The van der Waals surface area contributed by atoms with Gasteiger partial charge < -0.3 is 9.47 Å². The molecule has 2 saturated heterocycles. The molecule has 1 aromatic rings. The lowest BCUT2D eigenvalue weighted by Crippen LogP contribution is -2.31. The fraction of sp³-hybridized carbons (Fsp3) is 0.385. The van der Waals surface area contributed by atoms with E-state index in [2.05, 4.69) is 5.43 Å². The van der Waals surface area contributed by atoms with Crippen LogP contribution in [0.25, 0.3) is 0 Å². The van der Waals surface area contributed by atoms with Crippen molar-refractivity contribution in [3.8, 4) is 5.75 Å². The van der Waals surface area contributed by atoms with E-state index in [1.807, 2.05) is 30.5 Å². The van der Waals surface area contributed by atoms with Gasteiger partial charge in [-0.3, -0.25) is 4.79 Å². The van der Waals surface area contributed by atoms with Crippen molar-refractivity contribution in [1.82, 2.24) is 5.43 Å². The third-order valence-corrected chi connectivity index (χ3v) is 3.33. The molecule has 0 aromatic heterocycles. The van der Waals surface area contributed by atoms with Gasteiger partial charge in [0.05, 0.1) is 19.3 Å². The van der Waals surface area contributed by atoms with E-state index in [0.717, 1.165) is 17.7 Å². The zero-order valence-corrected chi connectivity index (χ0v) is 10.1. The highest BCUT2D eigenvalue weighted by Gasteiger charge is 2.50. The van der Waals surface area contributed by atoms with Crippen LogP contribution in [-0.2, 0) is 9.53 Å². The molecule has 0 bridgehead atoms. The quantitative estimate of drug-likeness (QED) is 0.776. The van der Waals surface area contributed by atoms with E-state index in [4.69, 9.17) is 9.47 Å². The number of benzene rings is 1. The number of carbonyl (C=O) groups is 1. The fourth-order valence-corrected chi connectivity index (χ4v) is 2.41. The van der Waals surface area contributed by atoms with Crippen LogP contribution in [0.3, 0.4) is 0 Å². The lowest BCUT2D eigenvalue weighted by Gasteiger charge is -2.04. The van der Waals surface area contributed by atoms with Gasteiger partial charge in [0.15, 0.2) is 0 Å². The third-order valence-electron chi connectivity index (χ3n) is 3.33. The second-order valence-corrected chi connectivity index (χ2v) is 4.41. The molecule has 2 aliphatic rings. The molecule has 0 radical (unpaired) electrons. The largest absolute Gasteiger partial charge is 0.496 e. The van der Waals surface area contributed by atoms with Gasteiger partial charge >= 0.3 is 0 Å². The Morgan fingerprint density at radius 2 is 2.33 bits per heavy atom. The monoisotopic (exact) mass is 247 g/mol. The van der Waals surface area contributed by atoms with Crippen molar-refractivity contribution in [2.45, 2.75) is 12.6 Å². The normalized spacial score (nSPS) is 28.3. The third kappa shape index (κ3) is 1.76. The van der Waals surface area contributed by atoms with E-state index in [0.29, 0.717) is 6.61 Å². The number of nitrogens with one attached hydrogen (secondary N) is 1. The molecule has 2 fully saturated rings. The summed E-state index contributed by atoms with van der Waals surface area (Å²) >= 11 is 0. The number of amides is 1. The van der Waals surface area contributed by atoms with Crippen molar-refractivity contribution in [3.63, 3.8) is 0 Å². The van der Waals surface area contributed by atoms with Crippen LogP contribution in [0.2, 0.25) is 0 Å². The number of hydrazine groups is 1. The minimum Gasteiger partial charge on any atom is -0.496 e. The number of hydrogen-bond acceptors (Lipinski definition) is 3. The molecule has 2 atom stereocenters. The topological polar surface area (TPSA) is 50.6 Å². The number of hydrogen-bond donors (Lipinski definition) is 1. The van der Waals surface area contributed by atoms with E-state index in [1.165, 1.54) is 0 Å². The number of para-hydroxylation sites is 1. The van der Waals surface area contributed by atoms with Crippen molar-refractivity contribution < 1.29 is 19.0 Å². The highest BCUT2D eigenvalue weighted by atomic mass is 16.5. The summed E-state index contributed by atoms with van der Waals surface area (Å²) in [4.78, 5) is 11.7. The molecule has 1 N–H and O–H groups in total. The summed E-state index contributed by atoms with van der Waals surface area (Å²) in [5, 5.41) is 0. The van der Waals surface area contributed by atoms with Crippen LogP contribution in [-0.4, -0.2) is 36.8 Å². The molecule has 1 amide bonds. The minimum absolute atomic E-state index is 0.0312. The van der Waals surface area contributed by atoms with E-state index >= 15 is 0 Å². The summed E-state index contributed by atoms with van der Waals surface area (Å²) in [6, 6.07) is 7.66. The Morgan fingerprint density at radius 3 is 3.17 bits per heavy atom. The fourth-order valence-electron chi connectivity index (χ4n) is 2.41. The van der Waals surface area contributed by atoms with Crippen molar-refractivity contribution in [3.05, 3.63) is 29.8 Å². The van der Waals surface area contributed by atoms with E-state index in [1.54, 1.807) is 11.8 Å². The number of rotatable bonds is 2. The molecule has 1 aromatic carbocycles. The van der Waals surface area contributed by atoms with Gasteiger partial charge in [-0.2, -0.15) is 0 Å². The van der Waals surface area contributed by atoms with Crippen molar-refractivity contribution in [2.24, 2.45) is 5.92 Å². The summed E-state index contributed by atoms with van der Waals surface area (Å²) in [5.74, 6) is 0.743. The molecule has 0 aliphatic carbocycles. The smallest absolute Gasteiger partial charge is 0.297 e. The van der Waals surface area contributed by atoms with Crippen molar-refractivity contribution >= 4 is 12.1 Å². The predicted molar refractivity (Wildman–Crippen MR) is 64.4 cm³/mol. The van der Waals surface area contributed by atoms with Crippen LogP contribution in [0.15, 0.2) is 24.3 Å². The Kier molecular flexibility index (Phi) is 2.76. The van der Waals surface area contributed by atoms with Crippen LogP contribution in [0, 0.1) is 5.92 Å². The van der Waals surface area contributed by atoms with Gasteiger partial charge in [0, 0.05) is 0 Å². The summed E-state index contributed by atoms with van der Waals surface area (Å²) in [6.07, 6.45) is 2.45. The Morgan fingerprint density at radius 1 is 1.50 bits per heavy atom. The van der Waals surface area contributed by atoms with Gasteiger partial charge in [-0.05, 0) is 18.6 Å². The first kappa shape index (κ1) is 11.2. The number of carbonyl (C=O) groups excluding carboxylic acids is 1. The molecule has 5 nitrogen and oxygen atoms in total. The molecule has 2 aliphatic heterocycles. The molecule has 1 unspecified atom stereocenters. The van der Waals surface area contributed by atoms with Crippen molar-refractivity contribution in [1.29, 1.82) is 0 Å². The molecular weight excluding hydrogens is 232 g/mol. The number of ether oxygens (including phenoxy) is 2.